The Morgan fingerprint density at radius 1 is 0.718 bits per heavy atom. The van der Waals surface area contributed by atoms with Crippen molar-refractivity contribution in [3.63, 3.8) is 0 Å². The second-order valence-electron chi connectivity index (χ2n) is 8.73. The molecule has 0 aliphatic carbocycles. The second kappa shape index (κ2) is 10.4. The molecule has 0 bridgehead atoms. The summed E-state index contributed by atoms with van der Waals surface area (Å²) in [4.78, 5) is 25.2. The van der Waals surface area contributed by atoms with Gasteiger partial charge in [-0.2, -0.15) is 0 Å². The molecule has 0 heterocycles. The highest BCUT2D eigenvalue weighted by Gasteiger charge is 2.17. The van der Waals surface area contributed by atoms with Gasteiger partial charge >= 0.3 is 0 Å². The Kier molecular flexibility index (Phi) is 6.84. The molecule has 2 amide bonds. The fourth-order valence-corrected chi connectivity index (χ4v) is 4.98. The maximum atomic E-state index is 13.1. The number of carbonyl (C=O) groups excluding carboxylic acids is 2. The van der Waals surface area contributed by atoms with Crippen LogP contribution >= 0.6 is 0 Å². The van der Waals surface area contributed by atoms with Gasteiger partial charge in [0.25, 0.3) is 11.8 Å². The number of ether oxygens (including phenoxy) is 1. The van der Waals surface area contributed by atoms with Crippen LogP contribution in [-0.2, 0) is 10.0 Å². The molecule has 0 aliphatic heterocycles. The lowest BCUT2D eigenvalue weighted by Gasteiger charge is -2.15. The number of sulfonamides is 1. The van der Waals surface area contributed by atoms with E-state index >= 15 is 0 Å². The van der Waals surface area contributed by atoms with Gasteiger partial charge in [0.1, 0.15) is 5.75 Å². The first-order chi connectivity index (χ1) is 18.7. The molecule has 0 atom stereocenters. The standard InChI is InChI=1S/C30H23N3O5S/c31-29(34)24-17-21-7-1-2-8-22(21)18-27(24)38-26-11-5-4-10-25(26)33-30(35)20-15-13-19(14-16-20)23-9-3-6-12-28(23)39(32,36)37/h1-18H,(H2,31,34)(H,33,35)(H2,32,36,37). The van der Waals surface area contributed by atoms with Crippen molar-refractivity contribution in [1.29, 1.82) is 0 Å². The lowest BCUT2D eigenvalue weighted by molar-refractivity contribution is 0.0995. The molecule has 0 saturated carbocycles. The fraction of sp³-hybridized carbons (Fsp3) is 0. The molecule has 194 valence electrons. The topological polar surface area (TPSA) is 142 Å². The van der Waals surface area contributed by atoms with Gasteiger partial charge in [0.2, 0.25) is 10.0 Å². The van der Waals surface area contributed by atoms with Crippen LogP contribution in [0.3, 0.4) is 0 Å². The van der Waals surface area contributed by atoms with E-state index in [1.165, 1.54) is 6.07 Å². The molecule has 5 aromatic carbocycles. The maximum Gasteiger partial charge on any atom is 0.255 e. The van der Waals surface area contributed by atoms with Gasteiger partial charge in [-0.05, 0) is 58.8 Å². The van der Waals surface area contributed by atoms with Crippen molar-refractivity contribution in [2.75, 3.05) is 5.32 Å². The Morgan fingerprint density at radius 2 is 1.33 bits per heavy atom. The van der Waals surface area contributed by atoms with Crippen LogP contribution in [0.5, 0.6) is 11.5 Å². The predicted molar refractivity (Wildman–Crippen MR) is 150 cm³/mol. The second-order valence-corrected chi connectivity index (χ2v) is 10.3. The molecule has 0 aromatic heterocycles. The zero-order chi connectivity index (χ0) is 27.6. The maximum absolute atomic E-state index is 13.1. The van der Waals surface area contributed by atoms with Gasteiger partial charge in [-0.15, -0.1) is 0 Å². The molecule has 0 spiro atoms. The summed E-state index contributed by atoms with van der Waals surface area (Å²) in [6, 6.07) is 30.6. The van der Waals surface area contributed by atoms with Gasteiger partial charge in [0, 0.05) is 11.1 Å². The number of hydrogen-bond acceptors (Lipinski definition) is 5. The van der Waals surface area contributed by atoms with E-state index in [1.54, 1.807) is 78.9 Å². The number of benzene rings is 5. The number of primary sulfonamides is 1. The lowest BCUT2D eigenvalue weighted by Crippen LogP contribution is -2.14. The Morgan fingerprint density at radius 3 is 2.03 bits per heavy atom. The van der Waals surface area contributed by atoms with Crippen molar-refractivity contribution < 1.29 is 22.7 Å². The molecule has 0 radical (unpaired) electrons. The normalized spacial score (nSPS) is 11.2. The van der Waals surface area contributed by atoms with Crippen LogP contribution in [0.4, 0.5) is 5.69 Å². The number of anilines is 1. The molecular formula is C30H23N3O5S. The molecule has 5 rings (SSSR count). The van der Waals surface area contributed by atoms with Crippen molar-refractivity contribution in [3.8, 4) is 22.6 Å². The molecule has 0 unspecified atom stereocenters. The SMILES string of the molecule is NC(=O)c1cc2ccccc2cc1Oc1ccccc1NC(=O)c1ccc(-c2ccccc2S(N)(=O)=O)cc1. The van der Waals surface area contributed by atoms with Crippen LogP contribution < -0.4 is 20.9 Å². The van der Waals surface area contributed by atoms with Gasteiger partial charge in [0.05, 0.1) is 16.1 Å². The van der Waals surface area contributed by atoms with Crippen LogP contribution in [0.2, 0.25) is 0 Å². The number of primary amides is 1. The highest BCUT2D eigenvalue weighted by Crippen LogP contribution is 2.34. The molecule has 39 heavy (non-hydrogen) atoms. The molecule has 9 heteroatoms. The van der Waals surface area contributed by atoms with Gasteiger partial charge in [0.15, 0.2) is 5.75 Å². The lowest BCUT2D eigenvalue weighted by atomic mass is 10.0. The third kappa shape index (κ3) is 5.49. The Hall–Kier alpha value is -4.99. The molecule has 0 aliphatic rings. The van der Waals surface area contributed by atoms with Gasteiger partial charge in [-0.1, -0.05) is 66.7 Å². The summed E-state index contributed by atoms with van der Waals surface area (Å²) in [5.74, 6) is -0.463. The number of carbonyl (C=O) groups is 2. The van der Waals surface area contributed by atoms with Crippen molar-refractivity contribution in [3.05, 3.63) is 120 Å². The first-order valence-electron chi connectivity index (χ1n) is 11.8. The molecule has 5 aromatic rings. The Labute approximate surface area is 224 Å². The number of hydrogen-bond donors (Lipinski definition) is 3. The third-order valence-corrected chi connectivity index (χ3v) is 7.09. The zero-order valence-electron chi connectivity index (χ0n) is 20.5. The highest BCUT2D eigenvalue weighted by molar-refractivity contribution is 7.89. The summed E-state index contributed by atoms with van der Waals surface area (Å²) in [5.41, 5.74) is 7.58. The van der Waals surface area contributed by atoms with Crippen LogP contribution in [0.1, 0.15) is 20.7 Å². The van der Waals surface area contributed by atoms with Crippen molar-refractivity contribution in [2.45, 2.75) is 4.90 Å². The number of nitrogens with two attached hydrogens (primary N) is 2. The van der Waals surface area contributed by atoms with E-state index in [0.29, 0.717) is 28.1 Å². The van der Waals surface area contributed by atoms with Crippen LogP contribution in [0.25, 0.3) is 21.9 Å². The number of rotatable bonds is 7. The van der Waals surface area contributed by atoms with E-state index in [0.717, 1.165) is 10.8 Å². The number of fused-ring (bicyclic) bond motifs is 1. The van der Waals surface area contributed by atoms with E-state index < -0.39 is 21.8 Å². The van der Waals surface area contributed by atoms with Crippen LogP contribution in [-0.4, -0.2) is 20.2 Å². The number of nitrogens with one attached hydrogen (secondary N) is 1. The summed E-state index contributed by atoms with van der Waals surface area (Å²) in [6.45, 7) is 0. The summed E-state index contributed by atoms with van der Waals surface area (Å²) in [6.07, 6.45) is 0. The fourth-order valence-electron chi connectivity index (χ4n) is 4.22. The first kappa shape index (κ1) is 25.7. The van der Waals surface area contributed by atoms with E-state index in [1.807, 2.05) is 24.3 Å². The average molecular weight is 538 g/mol. The largest absolute Gasteiger partial charge is 0.454 e. The smallest absolute Gasteiger partial charge is 0.255 e. The summed E-state index contributed by atoms with van der Waals surface area (Å²) < 4.78 is 30.0. The average Bonchev–Trinajstić information content (AvgIpc) is 2.93. The Bertz CT molecular complexity index is 1830. The number of amides is 2. The van der Waals surface area contributed by atoms with E-state index in [9.17, 15) is 18.0 Å². The van der Waals surface area contributed by atoms with Crippen molar-refractivity contribution in [2.24, 2.45) is 10.9 Å². The first-order valence-corrected chi connectivity index (χ1v) is 13.4. The van der Waals surface area contributed by atoms with E-state index in [2.05, 4.69) is 5.32 Å². The van der Waals surface area contributed by atoms with Crippen molar-refractivity contribution >= 4 is 38.3 Å². The molecule has 5 N–H and O–H groups in total. The third-order valence-electron chi connectivity index (χ3n) is 6.12. The van der Waals surface area contributed by atoms with E-state index in [4.69, 9.17) is 15.6 Å². The Balaban J connectivity index is 1.41. The van der Waals surface area contributed by atoms with Crippen molar-refractivity contribution in [1.82, 2.24) is 0 Å². The minimum atomic E-state index is -3.92. The molecule has 0 saturated heterocycles. The zero-order valence-corrected chi connectivity index (χ0v) is 21.3. The summed E-state index contributed by atoms with van der Waals surface area (Å²) in [7, 11) is -3.92. The monoisotopic (exact) mass is 537 g/mol. The summed E-state index contributed by atoms with van der Waals surface area (Å²) >= 11 is 0. The summed E-state index contributed by atoms with van der Waals surface area (Å²) in [5, 5.41) is 9.89. The molecule has 0 fully saturated rings. The van der Waals surface area contributed by atoms with Crippen LogP contribution in [0, 0.1) is 0 Å². The van der Waals surface area contributed by atoms with Gasteiger partial charge in [-0.3, -0.25) is 9.59 Å². The minimum absolute atomic E-state index is 0.00250. The van der Waals surface area contributed by atoms with Gasteiger partial charge < -0.3 is 15.8 Å². The van der Waals surface area contributed by atoms with E-state index in [-0.39, 0.29) is 16.2 Å². The highest BCUT2D eigenvalue weighted by atomic mass is 32.2. The van der Waals surface area contributed by atoms with Crippen LogP contribution in [0.15, 0.2) is 114 Å². The molecular weight excluding hydrogens is 514 g/mol. The quantitative estimate of drug-likeness (QED) is 0.258. The number of para-hydroxylation sites is 2. The minimum Gasteiger partial charge on any atom is -0.454 e. The molecule has 8 nitrogen and oxygen atoms in total. The predicted octanol–water partition coefficient (Wildman–Crippen LogP) is 5.30. The van der Waals surface area contributed by atoms with Gasteiger partial charge in [-0.25, -0.2) is 13.6 Å².